The Morgan fingerprint density at radius 1 is 0.839 bits per heavy atom. The number of aromatic nitrogens is 2. The third-order valence-corrected chi connectivity index (χ3v) is 10.2. The maximum Gasteiger partial charge on any atom is 0.351 e. The molecule has 7 atom stereocenters. The van der Waals surface area contributed by atoms with Crippen molar-refractivity contribution in [3.05, 3.63) is 22.7 Å². The lowest BCUT2D eigenvalue weighted by Crippen LogP contribution is -2.56. The van der Waals surface area contributed by atoms with Crippen molar-refractivity contribution in [2.45, 2.75) is 160 Å². The summed E-state index contributed by atoms with van der Waals surface area (Å²) >= 11 is 0. The number of rotatable bonds is 30. The molecular weight excluding hydrogens is 812 g/mol. The number of nitrogens with zero attached hydrogens (tertiary/aromatic N) is 3. The second-order valence-corrected chi connectivity index (χ2v) is 15.7. The van der Waals surface area contributed by atoms with Gasteiger partial charge < -0.3 is 63.2 Å². The van der Waals surface area contributed by atoms with Crippen molar-refractivity contribution in [1.82, 2.24) is 30.8 Å². The van der Waals surface area contributed by atoms with E-state index in [1.807, 2.05) is 0 Å². The monoisotopic (exact) mass is 881 g/mol. The number of carboxylic acid groups (broad SMARTS) is 1. The normalized spacial score (nSPS) is 18.6. The highest BCUT2D eigenvalue weighted by Crippen LogP contribution is 2.28. The van der Waals surface area contributed by atoms with Gasteiger partial charge in [-0.05, 0) is 31.2 Å². The Hall–Kier alpha value is -5.19. The van der Waals surface area contributed by atoms with Crippen LogP contribution in [0.3, 0.4) is 0 Å². The number of amides is 5. The van der Waals surface area contributed by atoms with Crippen LogP contribution < -0.4 is 43.7 Å². The molecule has 22 nitrogen and oxygen atoms in total. The molecule has 1 aromatic heterocycles. The summed E-state index contributed by atoms with van der Waals surface area (Å²) in [4.78, 5) is 97.7. The number of carboxylic acids is 1. The summed E-state index contributed by atoms with van der Waals surface area (Å²) in [6.07, 6.45) is 7.62. The Balaban J connectivity index is 1.98. The number of guanidine groups is 1. The van der Waals surface area contributed by atoms with Crippen LogP contribution >= 0.6 is 0 Å². The van der Waals surface area contributed by atoms with Gasteiger partial charge in [-0.25, -0.2) is 4.79 Å². The molecule has 0 aromatic carbocycles. The number of aliphatic hydroxyl groups is 3. The van der Waals surface area contributed by atoms with Gasteiger partial charge in [-0.3, -0.25) is 38.3 Å². The lowest BCUT2D eigenvalue weighted by Gasteiger charge is -2.25. The van der Waals surface area contributed by atoms with Gasteiger partial charge in [0.05, 0.1) is 19.6 Å². The van der Waals surface area contributed by atoms with Gasteiger partial charge in [0, 0.05) is 19.2 Å². The predicted molar refractivity (Wildman–Crippen MR) is 227 cm³/mol. The summed E-state index contributed by atoms with van der Waals surface area (Å²) in [6.45, 7) is 4.22. The standard InChI is InChI=1S/C40H68N10O12/c1-4-5-6-7-8-9-10-11-12-13-14-17-29(52)45-25(16-15-19-43-39(41)42)35(58)44-22-30(53)46-26(21-31(54)55)36(59)49-32(24(2)3)37(60)47-28-18-20-50(40(61)48-28)38-34(57)33(56)27(23-51)62-38/h18,20,24-27,32-34,38,51,56-57H,4-17,19,21-23H2,1-3H3,(H,44,58)(H,45,52)(H,46,53)(H,49,59)(H,54,55)(H4,41,42,43)(H,47,48,60,61)/t25-,26-,27+,32-,33+,34-,38+/m0/s1. The summed E-state index contributed by atoms with van der Waals surface area (Å²) in [5, 5.41) is 51.3. The predicted octanol–water partition coefficient (Wildman–Crippen LogP) is -0.751. The van der Waals surface area contributed by atoms with Crippen molar-refractivity contribution in [3.8, 4) is 0 Å². The molecule has 1 fully saturated rings. The van der Waals surface area contributed by atoms with Crippen LogP contribution in [0.25, 0.3) is 0 Å². The van der Waals surface area contributed by atoms with Crippen molar-refractivity contribution >= 4 is 47.3 Å². The quantitative estimate of drug-likeness (QED) is 0.0257. The largest absolute Gasteiger partial charge is 0.481 e. The molecule has 0 bridgehead atoms. The fourth-order valence-electron chi connectivity index (χ4n) is 6.69. The number of unbranched alkanes of at least 4 members (excludes halogenated alkanes) is 10. The number of carbonyl (C=O) groups is 6. The molecule has 13 N–H and O–H groups in total. The first-order valence-electron chi connectivity index (χ1n) is 21.4. The van der Waals surface area contributed by atoms with Gasteiger partial charge in [0.1, 0.15) is 42.3 Å². The highest BCUT2D eigenvalue weighted by Gasteiger charge is 2.44. The van der Waals surface area contributed by atoms with Gasteiger partial charge in [-0.1, -0.05) is 85.0 Å². The fraction of sp³-hybridized carbons (Fsp3) is 0.725. The molecule has 22 heteroatoms. The molecule has 0 aliphatic carbocycles. The van der Waals surface area contributed by atoms with Crippen molar-refractivity contribution < 1.29 is 53.9 Å². The van der Waals surface area contributed by atoms with Crippen LogP contribution in [0.4, 0.5) is 5.82 Å². The molecule has 1 aliphatic heterocycles. The molecular formula is C40H68N10O12. The number of anilines is 1. The van der Waals surface area contributed by atoms with Crippen molar-refractivity contribution in [2.24, 2.45) is 22.4 Å². The van der Waals surface area contributed by atoms with E-state index in [2.05, 4.69) is 43.5 Å². The van der Waals surface area contributed by atoms with E-state index in [0.29, 0.717) is 12.8 Å². The lowest BCUT2D eigenvalue weighted by molar-refractivity contribution is -0.141. The molecule has 0 unspecified atom stereocenters. The number of hydrogen-bond donors (Lipinski definition) is 11. The van der Waals surface area contributed by atoms with E-state index in [9.17, 15) is 54.0 Å². The lowest BCUT2D eigenvalue weighted by atomic mass is 10.0. The van der Waals surface area contributed by atoms with Crippen molar-refractivity contribution in [1.29, 1.82) is 0 Å². The zero-order valence-electron chi connectivity index (χ0n) is 36.1. The number of carbonyl (C=O) groups excluding carboxylic acids is 5. The minimum Gasteiger partial charge on any atom is -0.481 e. The van der Waals surface area contributed by atoms with Gasteiger partial charge in [-0.15, -0.1) is 0 Å². The minimum atomic E-state index is -1.69. The van der Waals surface area contributed by atoms with Crippen molar-refractivity contribution in [2.75, 3.05) is 25.0 Å². The number of nitrogens with one attached hydrogen (secondary N) is 5. The smallest absolute Gasteiger partial charge is 0.351 e. The average Bonchev–Trinajstić information content (AvgIpc) is 3.50. The summed E-state index contributed by atoms with van der Waals surface area (Å²) in [6, 6.07) is -2.87. The van der Waals surface area contributed by atoms with E-state index >= 15 is 0 Å². The number of hydrogen-bond acceptors (Lipinski definition) is 13. The Labute approximate surface area is 361 Å². The first-order valence-corrected chi connectivity index (χ1v) is 21.4. The second-order valence-electron chi connectivity index (χ2n) is 15.7. The van der Waals surface area contributed by atoms with Crippen LogP contribution in [-0.2, 0) is 33.5 Å². The Morgan fingerprint density at radius 2 is 1.45 bits per heavy atom. The molecule has 0 saturated carbocycles. The van der Waals surface area contributed by atoms with Gasteiger partial charge >= 0.3 is 11.7 Å². The first-order chi connectivity index (χ1) is 29.5. The minimum absolute atomic E-state index is 0.138. The van der Waals surface area contributed by atoms with Gasteiger partial charge in [-0.2, -0.15) is 4.98 Å². The van der Waals surface area contributed by atoms with Gasteiger partial charge in [0.15, 0.2) is 12.2 Å². The molecule has 2 heterocycles. The number of nitrogens with two attached hydrogens (primary N) is 2. The number of aliphatic imine (C=N–C) groups is 1. The zero-order chi connectivity index (χ0) is 46.2. The van der Waals surface area contributed by atoms with Crippen LogP contribution in [0.1, 0.15) is 123 Å². The SMILES string of the molecule is CCCCCCCCCCCCCC(=O)N[C@@H](CCCN=C(N)N)C(=O)NCC(=O)N[C@@H](CC(=O)O)C(=O)N[C@H](C(=O)Nc1ccn([C@@H]2O[C@H](CO)[C@@H](O)[C@@H]2O)c(=O)n1)C(C)C. The van der Waals surface area contributed by atoms with E-state index in [1.165, 1.54) is 44.6 Å². The topological polar surface area (TPSA) is 352 Å². The Bertz CT molecular complexity index is 1690. The maximum atomic E-state index is 13.3. The molecule has 62 heavy (non-hydrogen) atoms. The third-order valence-electron chi connectivity index (χ3n) is 10.2. The Morgan fingerprint density at radius 3 is 2.00 bits per heavy atom. The number of ether oxygens (including phenoxy) is 1. The first kappa shape index (κ1) is 52.9. The summed E-state index contributed by atoms with van der Waals surface area (Å²) < 4.78 is 6.20. The van der Waals surface area contributed by atoms with Crippen LogP contribution in [0, 0.1) is 5.92 Å². The van der Waals surface area contributed by atoms with E-state index < -0.39 is 103 Å². The van der Waals surface area contributed by atoms with Crippen LogP contribution in [-0.4, -0.2) is 128 Å². The number of aliphatic carboxylic acids is 1. The third kappa shape index (κ3) is 19.2. The molecule has 2 rings (SSSR count). The van der Waals surface area contributed by atoms with E-state index in [0.717, 1.165) is 36.4 Å². The summed E-state index contributed by atoms with van der Waals surface area (Å²) in [5.74, 6) is -6.33. The summed E-state index contributed by atoms with van der Waals surface area (Å²) in [7, 11) is 0. The average molecular weight is 881 g/mol. The van der Waals surface area contributed by atoms with E-state index in [1.54, 1.807) is 13.8 Å². The molecule has 350 valence electrons. The molecule has 1 aromatic rings. The van der Waals surface area contributed by atoms with Crippen molar-refractivity contribution in [3.63, 3.8) is 0 Å². The van der Waals surface area contributed by atoms with Gasteiger partial charge in [0.2, 0.25) is 29.5 Å². The second kappa shape index (κ2) is 28.4. The van der Waals surface area contributed by atoms with Crippen LogP contribution in [0.15, 0.2) is 22.1 Å². The van der Waals surface area contributed by atoms with Crippen LogP contribution in [0.5, 0.6) is 0 Å². The van der Waals surface area contributed by atoms with E-state index in [-0.39, 0.29) is 37.1 Å². The molecule has 1 saturated heterocycles. The molecule has 1 aliphatic rings. The summed E-state index contributed by atoms with van der Waals surface area (Å²) in [5.41, 5.74) is 9.80. The molecule has 0 radical (unpaired) electrons. The van der Waals surface area contributed by atoms with Gasteiger partial charge in [0.25, 0.3) is 0 Å². The molecule has 0 spiro atoms. The van der Waals surface area contributed by atoms with Crippen LogP contribution in [0.2, 0.25) is 0 Å². The highest BCUT2D eigenvalue weighted by molar-refractivity contribution is 5.99. The fourth-order valence-corrected chi connectivity index (χ4v) is 6.69. The Kier molecular flexibility index (Phi) is 24.3. The zero-order valence-corrected chi connectivity index (χ0v) is 36.1. The molecule has 5 amide bonds. The highest BCUT2D eigenvalue weighted by atomic mass is 16.6. The van der Waals surface area contributed by atoms with E-state index in [4.69, 9.17) is 16.2 Å². The number of aliphatic hydroxyl groups excluding tert-OH is 3. The maximum absolute atomic E-state index is 13.3.